The van der Waals surface area contributed by atoms with Gasteiger partial charge in [0, 0.05) is 17.1 Å². The monoisotopic (exact) mass is 361 g/mol. The fourth-order valence-electron chi connectivity index (χ4n) is 3.24. The first-order valence-electron chi connectivity index (χ1n) is 9.55. The molecular weight excluding hydrogens is 338 g/mol. The first-order chi connectivity index (χ1) is 13.8. The normalized spacial score (nSPS) is 10.9. The topological polar surface area (TPSA) is 3.24 Å². The molecule has 0 heterocycles. The molecule has 0 amide bonds. The fourth-order valence-corrected chi connectivity index (χ4v) is 3.24. The Morgan fingerprint density at radius 3 is 1.75 bits per heavy atom. The summed E-state index contributed by atoms with van der Waals surface area (Å²) in [5.74, 6) is 0. The molecule has 4 aromatic carbocycles. The van der Waals surface area contributed by atoms with Gasteiger partial charge >= 0.3 is 0 Å². The highest BCUT2D eigenvalue weighted by molar-refractivity contribution is 5.79. The van der Waals surface area contributed by atoms with Crippen molar-refractivity contribution in [2.24, 2.45) is 0 Å². The molecule has 0 fully saturated rings. The molecule has 4 rings (SSSR count). The van der Waals surface area contributed by atoms with E-state index in [2.05, 4.69) is 127 Å². The first kappa shape index (κ1) is 17.8. The Hall–Kier alpha value is -3.58. The Labute approximate surface area is 167 Å². The van der Waals surface area contributed by atoms with E-state index in [0.29, 0.717) is 0 Å². The van der Waals surface area contributed by atoms with Gasteiger partial charge in [-0.3, -0.25) is 0 Å². The molecular formula is C27H23N. The molecule has 28 heavy (non-hydrogen) atoms. The molecule has 0 N–H and O–H groups in total. The average molecular weight is 361 g/mol. The fraction of sp³-hybridized carbons (Fsp3) is 0.0370. The van der Waals surface area contributed by atoms with Crippen LogP contribution in [0.5, 0.6) is 0 Å². The smallest absolute Gasteiger partial charge is 0.0467 e. The molecule has 0 unspecified atom stereocenters. The summed E-state index contributed by atoms with van der Waals surface area (Å²) in [7, 11) is 0. The lowest BCUT2D eigenvalue weighted by Crippen LogP contribution is -2.09. The number of rotatable bonds is 5. The van der Waals surface area contributed by atoms with Gasteiger partial charge in [0.1, 0.15) is 0 Å². The molecule has 0 spiro atoms. The molecule has 136 valence electrons. The van der Waals surface area contributed by atoms with Crippen LogP contribution in [-0.4, -0.2) is 0 Å². The van der Waals surface area contributed by atoms with E-state index in [1.807, 2.05) is 6.07 Å². The van der Waals surface area contributed by atoms with Crippen LogP contribution in [0.25, 0.3) is 12.2 Å². The minimum Gasteiger partial charge on any atom is -0.310 e. The summed E-state index contributed by atoms with van der Waals surface area (Å²) in [5.41, 5.74) is 7.08. The van der Waals surface area contributed by atoms with Crippen molar-refractivity contribution in [1.82, 2.24) is 0 Å². The van der Waals surface area contributed by atoms with Crippen molar-refractivity contribution in [3.8, 4) is 0 Å². The van der Waals surface area contributed by atoms with Gasteiger partial charge in [-0.05, 0) is 54.4 Å². The van der Waals surface area contributed by atoms with E-state index in [-0.39, 0.29) is 0 Å². The van der Waals surface area contributed by atoms with Crippen LogP contribution in [-0.2, 0) is 0 Å². The zero-order valence-corrected chi connectivity index (χ0v) is 16.0. The van der Waals surface area contributed by atoms with Crippen molar-refractivity contribution < 1.29 is 0 Å². The van der Waals surface area contributed by atoms with Gasteiger partial charge in [0.05, 0.1) is 0 Å². The number of aryl methyl sites for hydroxylation is 1. The summed E-state index contributed by atoms with van der Waals surface area (Å²) < 4.78 is 0. The van der Waals surface area contributed by atoms with Crippen LogP contribution < -0.4 is 4.90 Å². The van der Waals surface area contributed by atoms with E-state index in [1.165, 1.54) is 16.7 Å². The lowest BCUT2D eigenvalue weighted by Gasteiger charge is -2.25. The maximum absolute atomic E-state index is 2.29. The van der Waals surface area contributed by atoms with Crippen molar-refractivity contribution in [2.45, 2.75) is 6.92 Å². The van der Waals surface area contributed by atoms with Crippen LogP contribution in [0.4, 0.5) is 17.1 Å². The highest BCUT2D eigenvalue weighted by Gasteiger charge is 2.11. The second-order valence-electron chi connectivity index (χ2n) is 6.85. The van der Waals surface area contributed by atoms with Crippen LogP contribution in [0.2, 0.25) is 0 Å². The number of hydrogen-bond acceptors (Lipinski definition) is 1. The van der Waals surface area contributed by atoms with Gasteiger partial charge in [-0.2, -0.15) is 0 Å². The first-order valence-corrected chi connectivity index (χ1v) is 9.55. The molecule has 0 bridgehead atoms. The molecule has 0 aliphatic heterocycles. The Morgan fingerprint density at radius 2 is 1.04 bits per heavy atom. The van der Waals surface area contributed by atoms with Crippen molar-refractivity contribution in [1.29, 1.82) is 0 Å². The molecule has 4 aromatic rings. The predicted octanol–water partition coefficient (Wildman–Crippen LogP) is 7.64. The van der Waals surface area contributed by atoms with E-state index in [4.69, 9.17) is 0 Å². The minimum atomic E-state index is 1.14. The molecule has 0 aliphatic rings. The van der Waals surface area contributed by atoms with Gasteiger partial charge in [0.15, 0.2) is 0 Å². The quantitative estimate of drug-likeness (QED) is 0.330. The third kappa shape index (κ3) is 4.21. The van der Waals surface area contributed by atoms with Gasteiger partial charge in [0.25, 0.3) is 0 Å². The maximum atomic E-state index is 2.29. The van der Waals surface area contributed by atoms with Crippen LogP contribution in [0.1, 0.15) is 16.7 Å². The van der Waals surface area contributed by atoms with Gasteiger partial charge < -0.3 is 4.90 Å². The average Bonchev–Trinajstić information content (AvgIpc) is 2.76. The third-order valence-corrected chi connectivity index (χ3v) is 4.70. The molecule has 1 heteroatoms. The van der Waals surface area contributed by atoms with Crippen molar-refractivity contribution in [3.05, 3.63) is 126 Å². The summed E-state index contributed by atoms with van der Waals surface area (Å²) in [6, 6.07) is 38.2. The molecule has 0 radical (unpaired) electrons. The van der Waals surface area contributed by atoms with E-state index in [9.17, 15) is 0 Å². The summed E-state index contributed by atoms with van der Waals surface area (Å²) >= 11 is 0. The Morgan fingerprint density at radius 1 is 0.500 bits per heavy atom. The molecule has 0 atom stereocenters. The Kier molecular flexibility index (Phi) is 5.35. The van der Waals surface area contributed by atoms with E-state index >= 15 is 0 Å². The molecule has 1 nitrogen and oxygen atoms in total. The molecule has 0 saturated carbocycles. The second-order valence-corrected chi connectivity index (χ2v) is 6.85. The highest BCUT2D eigenvalue weighted by atomic mass is 15.1. The number of anilines is 3. The number of hydrogen-bond donors (Lipinski definition) is 0. The molecule has 0 aromatic heterocycles. The predicted molar refractivity (Wildman–Crippen MR) is 121 cm³/mol. The summed E-state index contributed by atoms with van der Waals surface area (Å²) in [6.45, 7) is 2.12. The van der Waals surface area contributed by atoms with Crippen molar-refractivity contribution in [3.63, 3.8) is 0 Å². The van der Waals surface area contributed by atoms with Gasteiger partial charge in [-0.1, -0.05) is 90.5 Å². The minimum absolute atomic E-state index is 1.14. The van der Waals surface area contributed by atoms with Crippen molar-refractivity contribution >= 4 is 29.2 Å². The number of benzene rings is 4. The lowest BCUT2D eigenvalue weighted by atomic mass is 10.1. The zero-order valence-electron chi connectivity index (χ0n) is 16.0. The Balaban J connectivity index is 1.72. The maximum Gasteiger partial charge on any atom is 0.0467 e. The summed E-state index contributed by atoms with van der Waals surface area (Å²) in [4.78, 5) is 2.29. The second kappa shape index (κ2) is 8.41. The van der Waals surface area contributed by atoms with Crippen LogP contribution >= 0.6 is 0 Å². The van der Waals surface area contributed by atoms with E-state index in [1.54, 1.807) is 0 Å². The standard InChI is InChI=1S/C27H23N/c1-22-15-19-26(20-16-22)28(25-12-6-3-7-13-25)27-14-8-11-24(21-27)18-17-23-9-4-2-5-10-23/h2-21H,1H3/b18-17+. The van der Waals surface area contributed by atoms with Crippen LogP contribution in [0.3, 0.4) is 0 Å². The van der Waals surface area contributed by atoms with Crippen LogP contribution in [0.15, 0.2) is 109 Å². The van der Waals surface area contributed by atoms with Crippen molar-refractivity contribution in [2.75, 3.05) is 4.90 Å². The van der Waals surface area contributed by atoms with E-state index in [0.717, 1.165) is 17.1 Å². The van der Waals surface area contributed by atoms with Gasteiger partial charge in [-0.25, -0.2) is 0 Å². The van der Waals surface area contributed by atoms with Crippen LogP contribution in [0, 0.1) is 6.92 Å². The SMILES string of the molecule is Cc1ccc(N(c2ccccc2)c2cccc(/C=C/c3ccccc3)c2)cc1. The highest BCUT2D eigenvalue weighted by Crippen LogP contribution is 2.34. The largest absolute Gasteiger partial charge is 0.310 e. The zero-order chi connectivity index (χ0) is 19.2. The summed E-state index contributed by atoms with van der Waals surface area (Å²) in [6.07, 6.45) is 4.31. The number of para-hydroxylation sites is 1. The number of nitrogens with zero attached hydrogens (tertiary/aromatic N) is 1. The molecule has 0 saturated heterocycles. The van der Waals surface area contributed by atoms with Gasteiger partial charge in [0.2, 0.25) is 0 Å². The summed E-state index contributed by atoms with van der Waals surface area (Å²) in [5, 5.41) is 0. The Bertz CT molecular complexity index is 1050. The lowest BCUT2D eigenvalue weighted by molar-refractivity contribution is 1.27. The van der Waals surface area contributed by atoms with E-state index < -0.39 is 0 Å². The van der Waals surface area contributed by atoms with Gasteiger partial charge in [-0.15, -0.1) is 0 Å². The molecule has 0 aliphatic carbocycles. The third-order valence-electron chi connectivity index (χ3n) is 4.70.